The summed E-state index contributed by atoms with van der Waals surface area (Å²) in [6.07, 6.45) is 10.7. The fourth-order valence-corrected chi connectivity index (χ4v) is 4.32. The first-order chi connectivity index (χ1) is 15.0. The second kappa shape index (κ2) is 9.08. The number of ether oxygens (including phenoxy) is 1. The molecule has 1 fully saturated rings. The molecule has 1 aliphatic rings. The Hall–Kier alpha value is -2.90. The summed E-state index contributed by atoms with van der Waals surface area (Å²) >= 11 is 0. The topological polar surface area (TPSA) is 86.9 Å². The zero-order valence-electron chi connectivity index (χ0n) is 18.8. The summed E-state index contributed by atoms with van der Waals surface area (Å²) in [7, 11) is 1.89. The second-order valence-corrected chi connectivity index (χ2v) is 8.58. The first kappa shape index (κ1) is 21.3. The summed E-state index contributed by atoms with van der Waals surface area (Å²) in [5.74, 6) is 0.768. The summed E-state index contributed by atoms with van der Waals surface area (Å²) in [4.78, 5) is 16.5. The number of amides is 1. The van der Waals surface area contributed by atoms with Crippen molar-refractivity contribution in [3.05, 3.63) is 24.7 Å². The van der Waals surface area contributed by atoms with Crippen molar-refractivity contribution in [1.29, 1.82) is 0 Å². The van der Waals surface area contributed by atoms with Gasteiger partial charge in [0, 0.05) is 43.9 Å². The number of aromatic nitrogens is 5. The maximum atomic E-state index is 11.6. The Kier molecular flexibility index (Phi) is 6.25. The van der Waals surface area contributed by atoms with E-state index in [2.05, 4.69) is 40.2 Å². The number of hydrogen-bond acceptors (Lipinski definition) is 5. The van der Waals surface area contributed by atoms with Gasteiger partial charge in [0.2, 0.25) is 11.8 Å². The molecule has 1 aliphatic heterocycles. The molecule has 3 aromatic rings. The Balaban J connectivity index is 1.65. The predicted octanol–water partition coefficient (Wildman–Crippen LogP) is 3.88. The molecule has 2 unspecified atom stereocenters. The van der Waals surface area contributed by atoms with Gasteiger partial charge in [-0.05, 0) is 25.8 Å². The molecule has 1 N–H and O–H groups in total. The monoisotopic (exact) mass is 424 g/mol. The third kappa shape index (κ3) is 4.57. The van der Waals surface area contributed by atoms with E-state index in [0.717, 1.165) is 47.8 Å². The minimum Gasteiger partial charge on any atom is -0.474 e. The average molecular weight is 425 g/mol. The molecule has 2 atom stereocenters. The number of carbonyl (C=O) groups excluding carboxylic acids is 1. The van der Waals surface area contributed by atoms with Gasteiger partial charge in [0.15, 0.2) is 0 Å². The van der Waals surface area contributed by atoms with E-state index in [4.69, 9.17) is 9.72 Å². The number of pyridine rings is 1. The Morgan fingerprint density at radius 3 is 2.71 bits per heavy atom. The van der Waals surface area contributed by atoms with Crippen molar-refractivity contribution in [2.24, 2.45) is 13.0 Å². The van der Waals surface area contributed by atoms with Crippen LogP contribution in [-0.4, -0.2) is 43.1 Å². The first-order valence-electron chi connectivity index (χ1n) is 11.3. The quantitative estimate of drug-likeness (QED) is 0.563. The zero-order valence-corrected chi connectivity index (χ0v) is 18.8. The highest BCUT2D eigenvalue weighted by atomic mass is 16.5. The van der Waals surface area contributed by atoms with Gasteiger partial charge >= 0.3 is 0 Å². The third-order valence-electron chi connectivity index (χ3n) is 6.07. The van der Waals surface area contributed by atoms with Gasteiger partial charge in [-0.2, -0.15) is 10.2 Å². The molecule has 0 spiro atoms. The van der Waals surface area contributed by atoms with E-state index >= 15 is 0 Å². The maximum Gasteiger partial charge on any atom is 0.225 e. The molecule has 0 bridgehead atoms. The largest absolute Gasteiger partial charge is 0.474 e. The highest BCUT2D eigenvalue weighted by Gasteiger charge is 2.29. The molecule has 166 valence electrons. The molecular weight excluding hydrogens is 392 g/mol. The number of carbonyl (C=O) groups is 1. The van der Waals surface area contributed by atoms with E-state index in [0.29, 0.717) is 24.9 Å². The molecule has 4 rings (SSSR count). The third-order valence-corrected chi connectivity index (χ3v) is 6.07. The van der Waals surface area contributed by atoms with Gasteiger partial charge in [0.1, 0.15) is 6.10 Å². The van der Waals surface area contributed by atoms with Crippen LogP contribution in [0, 0.1) is 5.92 Å². The number of nitrogens with one attached hydrogen (secondary N) is 1. The Morgan fingerprint density at radius 2 is 2.03 bits per heavy atom. The molecule has 0 aromatic carbocycles. The zero-order chi connectivity index (χ0) is 22.0. The summed E-state index contributed by atoms with van der Waals surface area (Å²) in [5, 5.41) is 13.0. The smallest absolute Gasteiger partial charge is 0.225 e. The van der Waals surface area contributed by atoms with Gasteiger partial charge in [-0.1, -0.05) is 26.7 Å². The number of aryl methyl sites for hydroxylation is 1. The lowest BCUT2D eigenvalue weighted by atomic mass is 10.0. The highest BCUT2D eigenvalue weighted by Crippen LogP contribution is 2.31. The Bertz CT molecular complexity index is 1050. The second-order valence-electron chi connectivity index (χ2n) is 8.58. The number of nitrogens with zero attached hydrogens (tertiary/aromatic N) is 5. The van der Waals surface area contributed by atoms with E-state index < -0.39 is 0 Å². The maximum absolute atomic E-state index is 11.6. The van der Waals surface area contributed by atoms with Gasteiger partial charge in [-0.3, -0.25) is 14.2 Å². The lowest BCUT2D eigenvalue weighted by molar-refractivity contribution is -0.119. The Morgan fingerprint density at radius 1 is 1.26 bits per heavy atom. The van der Waals surface area contributed by atoms with E-state index in [-0.39, 0.29) is 17.9 Å². The van der Waals surface area contributed by atoms with Crippen molar-refractivity contribution in [3.63, 3.8) is 0 Å². The van der Waals surface area contributed by atoms with E-state index in [1.807, 2.05) is 32.4 Å². The molecule has 1 amide bonds. The first-order valence-corrected chi connectivity index (χ1v) is 11.3. The number of rotatable bonds is 9. The summed E-state index contributed by atoms with van der Waals surface area (Å²) < 4.78 is 10.1. The van der Waals surface area contributed by atoms with Crippen LogP contribution >= 0.6 is 0 Å². The molecule has 0 radical (unpaired) electrons. The van der Waals surface area contributed by atoms with Crippen molar-refractivity contribution in [3.8, 4) is 17.1 Å². The van der Waals surface area contributed by atoms with Crippen LogP contribution in [0.3, 0.4) is 0 Å². The van der Waals surface area contributed by atoms with E-state index in [1.165, 1.54) is 0 Å². The minimum atomic E-state index is -0.133. The van der Waals surface area contributed by atoms with Crippen LogP contribution in [0.1, 0.15) is 58.9 Å². The van der Waals surface area contributed by atoms with Gasteiger partial charge < -0.3 is 10.1 Å². The molecule has 8 nitrogen and oxygen atoms in total. The van der Waals surface area contributed by atoms with Crippen LogP contribution in [-0.2, 0) is 11.8 Å². The van der Waals surface area contributed by atoms with Crippen molar-refractivity contribution < 1.29 is 9.53 Å². The lowest BCUT2D eigenvalue weighted by Gasteiger charge is -2.19. The Labute approximate surface area is 183 Å². The number of fused-ring (bicyclic) bond motifs is 1. The predicted molar refractivity (Wildman–Crippen MR) is 120 cm³/mol. The van der Waals surface area contributed by atoms with E-state index in [1.54, 1.807) is 4.68 Å². The molecule has 3 aromatic heterocycles. The average Bonchev–Trinajstić information content (AvgIpc) is 3.46. The summed E-state index contributed by atoms with van der Waals surface area (Å²) in [6.45, 7) is 7.06. The van der Waals surface area contributed by atoms with Crippen LogP contribution in [0.5, 0.6) is 5.88 Å². The van der Waals surface area contributed by atoms with Crippen molar-refractivity contribution in [1.82, 2.24) is 29.9 Å². The van der Waals surface area contributed by atoms with Gasteiger partial charge in [0.05, 0.1) is 28.8 Å². The van der Waals surface area contributed by atoms with Crippen molar-refractivity contribution >= 4 is 16.8 Å². The molecular formula is C23H32N6O2. The summed E-state index contributed by atoms with van der Waals surface area (Å²) in [5.41, 5.74) is 2.59. The molecule has 4 heterocycles. The molecule has 31 heavy (non-hydrogen) atoms. The van der Waals surface area contributed by atoms with Gasteiger partial charge in [0.25, 0.3) is 0 Å². The summed E-state index contributed by atoms with van der Waals surface area (Å²) in [6, 6.07) is 2.40. The van der Waals surface area contributed by atoms with Crippen molar-refractivity contribution in [2.75, 3.05) is 6.54 Å². The van der Waals surface area contributed by atoms with Crippen LogP contribution in [0.15, 0.2) is 24.7 Å². The van der Waals surface area contributed by atoms with E-state index in [9.17, 15) is 4.79 Å². The van der Waals surface area contributed by atoms with Crippen LogP contribution in [0.4, 0.5) is 0 Å². The van der Waals surface area contributed by atoms with Gasteiger partial charge in [-0.15, -0.1) is 0 Å². The van der Waals surface area contributed by atoms with Crippen LogP contribution in [0.2, 0.25) is 0 Å². The lowest BCUT2D eigenvalue weighted by Crippen LogP contribution is -2.26. The fourth-order valence-electron chi connectivity index (χ4n) is 4.32. The number of hydrogen-bond donors (Lipinski definition) is 1. The molecule has 8 heteroatoms. The van der Waals surface area contributed by atoms with Crippen molar-refractivity contribution in [2.45, 2.75) is 65.0 Å². The standard InChI is InChI=1S/C23H32N6O2/c1-5-7-18(8-6-2)29-13-17(12-25-29)20-10-21-19(14-28(4)27-21)23(26-20)31-15(3)16-9-22(30)24-11-16/h10,12-16,18H,5-9,11H2,1-4H3,(H,24,30). The van der Waals surface area contributed by atoms with Crippen LogP contribution in [0.25, 0.3) is 22.2 Å². The molecule has 1 saturated heterocycles. The normalized spacial score (nSPS) is 17.5. The highest BCUT2D eigenvalue weighted by molar-refractivity contribution is 5.86. The fraction of sp³-hybridized carbons (Fsp3) is 0.565. The SMILES string of the molecule is CCCC(CCC)n1cc(-c2cc3nn(C)cc3c(OC(C)C3CNC(=O)C3)n2)cn1. The molecule has 0 aliphatic carbocycles. The molecule has 0 saturated carbocycles. The van der Waals surface area contributed by atoms with Crippen LogP contribution < -0.4 is 10.1 Å². The van der Waals surface area contributed by atoms with Gasteiger partial charge in [-0.25, -0.2) is 4.98 Å². The minimum absolute atomic E-state index is 0.0785.